The van der Waals surface area contributed by atoms with Gasteiger partial charge in [0.25, 0.3) is 0 Å². The fraction of sp³-hybridized carbons (Fsp3) is 0.200. The van der Waals surface area contributed by atoms with Crippen LogP contribution >= 0.6 is 0 Å². The molecule has 0 heterocycles. The van der Waals surface area contributed by atoms with Crippen molar-refractivity contribution < 1.29 is 29.1 Å². The molecule has 0 spiro atoms. The first kappa shape index (κ1) is 12.2. The molecule has 0 fully saturated rings. The van der Waals surface area contributed by atoms with E-state index in [0.717, 1.165) is 0 Å². The molecule has 0 N–H and O–H groups in total. The monoisotopic (exact) mass is 226 g/mol. The fourth-order valence-corrected chi connectivity index (χ4v) is 0.952. The molecule has 3 heteroatoms. The van der Waals surface area contributed by atoms with E-state index in [0.29, 0.717) is 5.56 Å². The van der Waals surface area contributed by atoms with Crippen molar-refractivity contribution in [3.05, 3.63) is 35.9 Å². The van der Waals surface area contributed by atoms with Gasteiger partial charge >= 0.3 is 0 Å². The van der Waals surface area contributed by atoms with Crippen molar-refractivity contribution in [3.8, 4) is 0 Å². The summed E-state index contributed by atoms with van der Waals surface area (Å²) < 4.78 is 0. The third-order valence-electron chi connectivity index (χ3n) is 1.51. The Balaban J connectivity index is 0.00000144. The minimum atomic E-state index is -0.108. The van der Waals surface area contributed by atoms with Gasteiger partial charge in [-0.3, -0.25) is 9.59 Å². The largest absolute Gasteiger partial charge is 0.300 e. The maximum Gasteiger partial charge on any atom is 0.170 e. The van der Waals surface area contributed by atoms with Crippen LogP contribution in [-0.4, -0.2) is 11.6 Å². The van der Waals surface area contributed by atoms with Crippen molar-refractivity contribution >= 4 is 11.6 Å². The van der Waals surface area contributed by atoms with E-state index in [9.17, 15) is 9.59 Å². The molecule has 0 atom stereocenters. The van der Waals surface area contributed by atoms with Crippen molar-refractivity contribution in [1.29, 1.82) is 0 Å². The van der Waals surface area contributed by atoms with Crippen LogP contribution in [0.1, 0.15) is 23.7 Å². The summed E-state index contributed by atoms with van der Waals surface area (Å²) >= 11 is 0. The number of carbonyl (C=O) groups excluding carboxylic acids is 2. The number of Topliss-reactive ketones (excluding diaryl/α,β-unsaturated/α-hetero) is 2. The van der Waals surface area contributed by atoms with Crippen LogP contribution in [0.25, 0.3) is 0 Å². The summed E-state index contributed by atoms with van der Waals surface area (Å²) in [6, 6.07) is 8.84. The first-order chi connectivity index (χ1) is 5.70. The molecular formula is C10H10O2Zn. The molecule has 0 aromatic heterocycles. The summed E-state index contributed by atoms with van der Waals surface area (Å²) in [4.78, 5) is 21.8. The summed E-state index contributed by atoms with van der Waals surface area (Å²) in [5.41, 5.74) is 0.604. The second-order valence-corrected chi connectivity index (χ2v) is 2.67. The molecule has 0 bridgehead atoms. The number of hydrogen-bond donors (Lipinski definition) is 0. The van der Waals surface area contributed by atoms with Crippen LogP contribution < -0.4 is 0 Å². The molecule has 0 saturated carbocycles. The van der Waals surface area contributed by atoms with Gasteiger partial charge in [-0.2, -0.15) is 0 Å². The first-order valence-electron chi connectivity index (χ1n) is 3.78. The summed E-state index contributed by atoms with van der Waals surface area (Å²) in [5.74, 6) is -0.202. The van der Waals surface area contributed by atoms with Gasteiger partial charge in [0.05, 0.1) is 6.42 Å². The molecule has 0 amide bonds. The van der Waals surface area contributed by atoms with Crippen LogP contribution in [0, 0.1) is 0 Å². The zero-order valence-electron chi connectivity index (χ0n) is 7.62. The molecule has 0 unspecified atom stereocenters. The van der Waals surface area contributed by atoms with Gasteiger partial charge in [0.15, 0.2) is 5.78 Å². The molecule has 64 valence electrons. The molecule has 2 nitrogen and oxygen atoms in total. The van der Waals surface area contributed by atoms with Gasteiger partial charge in [-0.05, 0) is 6.92 Å². The molecule has 0 aliphatic rings. The molecule has 0 aliphatic heterocycles. The van der Waals surface area contributed by atoms with Crippen molar-refractivity contribution in [2.75, 3.05) is 0 Å². The van der Waals surface area contributed by atoms with Gasteiger partial charge in [0.2, 0.25) is 0 Å². The molecule has 0 radical (unpaired) electrons. The quantitative estimate of drug-likeness (QED) is 0.449. The van der Waals surface area contributed by atoms with Crippen molar-refractivity contribution in [2.24, 2.45) is 0 Å². The van der Waals surface area contributed by atoms with E-state index in [1.165, 1.54) is 6.92 Å². The third kappa shape index (κ3) is 4.09. The van der Waals surface area contributed by atoms with E-state index in [4.69, 9.17) is 0 Å². The van der Waals surface area contributed by atoms with Gasteiger partial charge < -0.3 is 0 Å². The molecule has 0 aliphatic carbocycles. The molecule has 1 aromatic carbocycles. The Kier molecular flexibility index (Phi) is 5.40. The summed E-state index contributed by atoms with van der Waals surface area (Å²) in [6.07, 6.45) is 0.00398. The second kappa shape index (κ2) is 5.76. The second-order valence-electron chi connectivity index (χ2n) is 2.67. The van der Waals surface area contributed by atoms with Crippen LogP contribution in [0.2, 0.25) is 0 Å². The maximum atomic E-state index is 11.2. The van der Waals surface area contributed by atoms with Crippen LogP contribution in [0.4, 0.5) is 0 Å². The van der Waals surface area contributed by atoms with E-state index in [-0.39, 0.29) is 37.5 Å². The Hall–Kier alpha value is -0.817. The van der Waals surface area contributed by atoms with E-state index in [1.807, 2.05) is 6.07 Å². The molecule has 0 saturated heterocycles. The predicted octanol–water partition coefficient (Wildman–Crippen LogP) is 1.85. The molecule has 13 heavy (non-hydrogen) atoms. The van der Waals surface area contributed by atoms with Crippen LogP contribution in [0.3, 0.4) is 0 Å². The van der Waals surface area contributed by atoms with Crippen molar-refractivity contribution in [2.45, 2.75) is 13.3 Å². The summed E-state index contributed by atoms with van der Waals surface area (Å²) in [5, 5.41) is 0. The minimum absolute atomic E-state index is 0. The Labute approximate surface area is 90.1 Å². The van der Waals surface area contributed by atoms with Gasteiger partial charge in [-0.15, -0.1) is 0 Å². The predicted molar refractivity (Wildman–Crippen MR) is 46.1 cm³/mol. The zero-order valence-corrected chi connectivity index (χ0v) is 10.6. The minimum Gasteiger partial charge on any atom is -0.300 e. The van der Waals surface area contributed by atoms with Gasteiger partial charge in [-0.25, -0.2) is 0 Å². The van der Waals surface area contributed by atoms with Crippen LogP contribution in [0.5, 0.6) is 0 Å². The average Bonchev–Trinajstić information content (AvgIpc) is 2.05. The Morgan fingerprint density at radius 1 is 1.15 bits per heavy atom. The maximum absolute atomic E-state index is 11.2. The SMILES string of the molecule is CC(=O)CC(=O)c1ccccc1.[Zn]. The Morgan fingerprint density at radius 3 is 2.15 bits per heavy atom. The number of hydrogen-bond acceptors (Lipinski definition) is 2. The Bertz CT molecular complexity index is 293. The average molecular weight is 228 g/mol. The number of rotatable bonds is 3. The molecule has 1 aromatic rings. The summed E-state index contributed by atoms with van der Waals surface area (Å²) in [7, 11) is 0. The van der Waals surface area contributed by atoms with E-state index < -0.39 is 0 Å². The third-order valence-corrected chi connectivity index (χ3v) is 1.51. The standard InChI is InChI=1S/C10H10O2.Zn/c1-8(11)7-10(12)9-5-3-2-4-6-9;/h2-6H,7H2,1H3;. The smallest absolute Gasteiger partial charge is 0.170 e. The van der Waals surface area contributed by atoms with Crippen molar-refractivity contribution in [1.82, 2.24) is 0 Å². The van der Waals surface area contributed by atoms with Crippen LogP contribution in [-0.2, 0) is 24.3 Å². The van der Waals surface area contributed by atoms with E-state index in [2.05, 4.69) is 0 Å². The topological polar surface area (TPSA) is 34.1 Å². The van der Waals surface area contributed by atoms with Gasteiger partial charge in [0.1, 0.15) is 5.78 Å². The van der Waals surface area contributed by atoms with E-state index in [1.54, 1.807) is 24.3 Å². The van der Waals surface area contributed by atoms with E-state index >= 15 is 0 Å². The number of ketones is 2. The normalized spacial score (nSPS) is 8.69. The van der Waals surface area contributed by atoms with Crippen LogP contribution in [0.15, 0.2) is 30.3 Å². The number of benzene rings is 1. The zero-order chi connectivity index (χ0) is 8.97. The molecular weight excluding hydrogens is 217 g/mol. The van der Waals surface area contributed by atoms with Gasteiger partial charge in [-0.1, -0.05) is 30.3 Å². The fourth-order valence-electron chi connectivity index (χ4n) is 0.952. The number of carbonyl (C=O) groups is 2. The molecule has 1 rings (SSSR count). The summed E-state index contributed by atoms with van der Waals surface area (Å²) in [6.45, 7) is 1.42. The van der Waals surface area contributed by atoms with Gasteiger partial charge in [0, 0.05) is 25.0 Å². The first-order valence-corrected chi connectivity index (χ1v) is 3.78. The Morgan fingerprint density at radius 2 is 1.69 bits per heavy atom. The van der Waals surface area contributed by atoms with Crippen molar-refractivity contribution in [3.63, 3.8) is 0 Å².